The summed E-state index contributed by atoms with van der Waals surface area (Å²) < 4.78 is 13.6. The molecule has 21 heavy (non-hydrogen) atoms. The number of fused-ring (bicyclic) bond motifs is 1. The van der Waals surface area contributed by atoms with Crippen molar-refractivity contribution in [1.29, 1.82) is 0 Å². The highest BCUT2D eigenvalue weighted by Gasteiger charge is 2.14. The number of carbonyl (C=O) groups excluding carboxylic acids is 1. The molecule has 1 atom stereocenters. The molecule has 0 aliphatic carbocycles. The number of nitrogens with one attached hydrogen (secondary N) is 1. The normalized spacial score (nSPS) is 12.3. The van der Waals surface area contributed by atoms with E-state index in [-0.39, 0.29) is 24.0 Å². The Morgan fingerprint density at radius 1 is 1.48 bits per heavy atom. The summed E-state index contributed by atoms with van der Waals surface area (Å²) in [5, 5.41) is 12.4. The number of rotatable bonds is 6. The Hall–Kier alpha value is -2.01. The van der Waals surface area contributed by atoms with Gasteiger partial charge in [0.2, 0.25) is 0 Å². The summed E-state index contributed by atoms with van der Waals surface area (Å²) in [5.41, 5.74) is 0.732. The molecule has 2 rings (SSSR count). The zero-order valence-corrected chi connectivity index (χ0v) is 12.0. The summed E-state index contributed by atoms with van der Waals surface area (Å²) in [7, 11) is 0. The summed E-state index contributed by atoms with van der Waals surface area (Å²) in [5.74, 6) is -0.579. The van der Waals surface area contributed by atoms with Gasteiger partial charge in [0.15, 0.2) is 0 Å². The maximum atomic E-state index is 13.6. The molecule has 1 heterocycles. The lowest BCUT2D eigenvalue weighted by atomic mass is 10.0. The summed E-state index contributed by atoms with van der Waals surface area (Å²) in [6.45, 7) is 2.56. The molecule has 0 aliphatic heterocycles. The molecule has 0 saturated heterocycles. The zero-order chi connectivity index (χ0) is 15.2. The molecule has 1 aromatic carbocycles. The van der Waals surface area contributed by atoms with Gasteiger partial charge in [0.05, 0.1) is 11.1 Å². The van der Waals surface area contributed by atoms with E-state index in [0.29, 0.717) is 23.9 Å². The summed E-state index contributed by atoms with van der Waals surface area (Å²) >= 11 is 0. The smallest absolute Gasteiger partial charge is 0.253 e. The van der Waals surface area contributed by atoms with Crippen molar-refractivity contribution in [3.8, 4) is 0 Å². The van der Waals surface area contributed by atoms with Crippen LogP contribution in [0.2, 0.25) is 0 Å². The van der Waals surface area contributed by atoms with Crippen LogP contribution in [0.3, 0.4) is 0 Å². The van der Waals surface area contributed by atoms with Crippen LogP contribution in [0.5, 0.6) is 0 Å². The van der Waals surface area contributed by atoms with Crippen molar-refractivity contribution < 1.29 is 14.3 Å². The van der Waals surface area contributed by atoms with Crippen LogP contribution in [0.15, 0.2) is 30.5 Å². The van der Waals surface area contributed by atoms with Crippen LogP contribution >= 0.6 is 0 Å². The number of carbonyl (C=O) groups is 1. The largest absolute Gasteiger partial charge is 0.396 e. The van der Waals surface area contributed by atoms with Crippen molar-refractivity contribution in [2.75, 3.05) is 13.2 Å². The molecule has 0 fully saturated rings. The molecule has 5 heteroatoms. The molecule has 1 aromatic heterocycles. The number of halogens is 1. The summed E-state index contributed by atoms with van der Waals surface area (Å²) in [4.78, 5) is 16.4. The summed E-state index contributed by atoms with van der Waals surface area (Å²) in [6, 6.07) is 6.00. The number of benzene rings is 1. The molecule has 1 amide bonds. The van der Waals surface area contributed by atoms with Gasteiger partial charge >= 0.3 is 0 Å². The molecule has 2 aromatic rings. The minimum absolute atomic E-state index is 0.0961. The first kappa shape index (κ1) is 15.4. The van der Waals surface area contributed by atoms with E-state index in [2.05, 4.69) is 10.3 Å². The first-order valence-corrected chi connectivity index (χ1v) is 7.09. The molecular formula is C16H19FN2O2. The van der Waals surface area contributed by atoms with E-state index in [9.17, 15) is 9.18 Å². The standard InChI is InChI=1S/C16H19FN2O2/c1-2-11(5-7-20)10-19-16(21)14-9-13(17)8-12-4-3-6-18-15(12)14/h3-4,6,8-9,11,20H,2,5,7,10H2,1H3,(H,19,21). The third kappa shape index (κ3) is 3.76. The van der Waals surface area contributed by atoms with E-state index < -0.39 is 5.82 Å². The average molecular weight is 290 g/mol. The Kier molecular flexibility index (Phi) is 5.22. The third-order valence-electron chi connectivity index (χ3n) is 3.58. The number of aromatic nitrogens is 1. The van der Waals surface area contributed by atoms with Crippen LogP contribution in [0, 0.1) is 11.7 Å². The second-order valence-corrected chi connectivity index (χ2v) is 5.03. The minimum Gasteiger partial charge on any atom is -0.396 e. The Labute approximate surface area is 123 Å². The molecule has 0 radical (unpaired) electrons. The Balaban J connectivity index is 2.19. The number of pyridine rings is 1. The summed E-state index contributed by atoms with van der Waals surface area (Å²) in [6.07, 6.45) is 3.08. The van der Waals surface area contributed by atoms with E-state index in [1.807, 2.05) is 6.92 Å². The lowest BCUT2D eigenvalue weighted by Crippen LogP contribution is -2.29. The minimum atomic E-state index is -0.456. The van der Waals surface area contributed by atoms with E-state index >= 15 is 0 Å². The number of aliphatic hydroxyl groups is 1. The first-order valence-electron chi connectivity index (χ1n) is 7.09. The molecule has 0 aliphatic rings. The van der Waals surface area contributed by atoms with Crippen LogP contribution in [0.4, 0.5) is 4.39 Å². The van der Waals surface area contributed by atoms with Crippen LogP contribution in [-0.4, -0.2) is 29.1 Å². The predicted octanol–water partition coefficient (Wildman–Crippen LogP) is 2.51. The van der Waals surface area contributed by atoms with Crippen molar-refractivity contribution in [2.45, 2.75) is 19.8 Å². The highest BCUT2D eigenvalue weighted by molar-refractivity contribution is 6.05. The fourth-order valence-electron chi connectivity index (χ4n) is 2.29. The molecular weight excluding hydrogens is 271 g/mol. The van der Waals surface area contributed by atoms with Gasteiger partial charge in [-0.1, -0.05) is 19.4 Å². The van der Waals surface area contributed by atoms with Crippen molar-refractivity contribution in [2.24, 2.45) is 5.92 Å². The second-order valence-electron chi connectivity index (χ2n) is 5.03. The van der Waals surface area contributed by atoms with Gasteiger partial charge in [-0.25, -0.2) is 4.39 Å². The van der Waals surface area contributed by atoms with Crippen molar-refractivity contribution >= 4 is 16.8 Å². The van der Waals surface area contributed by atoms with E-state index in [0.717, 1.165) is 6.42 Å². The van der Waals surface area contributed by atoms with E-state index in [1.54, 1.807) is 18.3 Å². The van der Waals surface area contributed by atoms with Crippen LogP contribution in [-0.2, 0) is 0 Å². The number of aliphatic hydroxyl groups excluding tert-OH is 1. The van der Waals surface area contributed by atoms with Crippen LogP contribution in [0.1, 0.15) is 30.1 Å². The Morgan fingerprint density at radius 3 is 3.00 bits per heavy atom. The molecule has 0 spiro atoms. The molecule has 1 unspecified atom stereocenters. The van der Waals surface area contributed by atoms with Gasteiger partial charge in [-0.3, -0.25) is 9.78 Å². The molecule has 2 N–H and O–H groups in total. The van der Waals surface area contributed by atoms with E-state index in [4.69, 9.17) is 5.11 Å². The Bertz CT molecular complexity index is 631. The first-order chi connectivity index (χ1) is 10.2. The molecule has 4 nitrogen and oxygen atoms in total. The average Bonchev–Trinajstić information content (AvgIpc) is 2.50. The van der Waals surface area contributed by atoms with Crippen molar-refractivity contribution in [1.82, 2.24) is 10.3 Å². The highest BCUT2D eigenvalue weighted by Crippen LogP contribution is 2.18. The van der Waals surface area contributed by atoms with Gasteiger partial charge in [0, 0.05) is 24.7 Å². The lowest BCUT2D eigenvalue weighted by Gasteiger charge is -2.14. The Morgan fingerprint density at radius 2 is 2.29 bits per heavy atom. The number of amides is 1. The zero-order valence-electron chi connectivity index (χ0n) is 12.0. The molecule has 0 saturated carbocycles. The molecule has 112 valence electrons. The van der Waals surface area contributed by atoms with Crippen molar-refractivity contribution in [3.05, 3.63) is 41.8 Å². The SMILES string of the molecule is CCC(CCO)CNC(=O)c1cc(F)cc2cccnc12. The van der Waals surface area contributed by atoms with Gasteiger partial charge < -0.3 is 10.4 Å². The molecule has 0 bridgehead atoms. The predicted molar refractivity (Wildman–Crippen MR) is 79.5 cm³/mol. The monoisotopic (exact) mass is 290 g/mol. The lowest BCUT2D eigenvalue weighted by molar-refractivity contribution is 0.0944. The van der Waals surface area contributed by atoms with E-state index in [1.165, 1.54) is 12.1 Å². The number of hydrogen-bond donors (Lipinski definition) is 2. The van der Waals surface area contributed by atoms with Crippen LogP contribution < -0.4 is 5.32 Å². The quantitative estimate of drug-likeness (QED) is 0.859. The fourth-order valence-corrected chi connectivity index (χ4v) is 2.29. The number of hydrogen-bond acceptors (Lipinski definition) is 3. The van der Waals surface area contributed by atoms with Gasteiger partial charge in [-0.05, 0) is 30.5 Å². The maximum absolute atomic E-state index is 13.6. The fraction of sp³-hybridized carbons (Fsp3) is 0.375. The van der Waals surface area contributed by atoms with Gasteiger partial charge in [-0.2, -0.15) is 0 Å². The number of nitrogens with zero attached hydrogens (tertiary/aromatic N) is 1. The highest BCUT2D eigenvalue weighted by atomic mass is 19.1. The third-order valence-corrected chi connectivity index (χ3v) is 3.58. The van der Waals surface area contributed by atoms with Gasteiger partial charge in [0.25, 0.3) is 5.91 Å². The van der Waals surface area contributed by atoms with Crippen molar-refractivity contribution in [3.63, 3.8) is 0 Å². The second kappa shape index (κ2) is 7.13. The maximum Gasteiger partial charge on any atom is 0.253 e. The van der Waals surface area contributed by atoms with Gasteiger partial charge in [0.1, 0.15) is 5.82 Å². The van der Waals surface area contributed by atoms with Gasteiger partial charge in [-0.15, -0.1) is 0 Å². The topological polar surface area (TPSA) is 62.2 Å². The van der Waals surface area contributed by atoms with Crippen LogP contribution in [0.25, 0.3) is 10.9 Å².